The summed E-state index contributed by atoms with van der Waals surface area (Å²) in [6.07, 6.45) is 0. The van der Waals surface area contributed by atoms with Crippen LogP contribution in [0.1, 0.15) is 13.8 Å². The minimum atomic E-state index is 0.976. The largest absolute Gasteiger partial charge is 0.0687 e. The molecule has 256 valence electrons. The van der Waals surface area contributed by atoms with Crippen molar-refractivity contribution < 1.29 is 0 Å². The van der Waals surface area contributed by atoms with Gasteiger partial charge in [0.1, 0.15) is 0 Å². The van der Waals surface area contributed by atoms with Gasteiger partial charge in [-0.15, -0.1) is 0 Å². The zero-order valence-corrected chi connectivity index (χ0v) is 32.2. The molecule has 0 atom stereocenters. The highest BCUT2D eigenvalue weighted by Crippen LogP contribution is 1.79. The van der Waals surface area contributed by atoms with Crippen LogP contribution in [0.2, 0.25) is 0 Å². The summed E-state index contributed by atoms with van der Waals surface area (Å²) in [6.45, 7) is 7.10. The van der Waals surface area contributed by atoms with Crippen molar-refractivity contribution in [1.82, 2.24) is 0 Å². The van der Waals surface area contributed by atoms with Gasteiger partial charge >= 0.3 is 0 Å². The molecule has 0 spiro atoms. The second kappa shape index (κ2) is 46.0. The number of rotatable bonds is 0. The lowest BCUT2D eigenvalue weighted by Crippen LogP contribution is -1.48. The third-order valence-electron chi connectivity index (χ3n) is 3.84. The predicted octanol–water partition coefficient (Wildman–Crippen LogP) is 10.6. The van der Waals surface area contributed by atoms with Gasteiger partial charge in [0.25, 0.3) is 0 Å². The van der Waals surface area contributed by atoms with Crippen molar-refractivity contribution in [1.29, 1.82) is 0 Å². The number of hydrogen-bond donors (Lipinski definition) is 0. The average molecular weight is 753 g/mol. The Bertz CT molecular complexity index is 4390. The van der Waals surface area contributed by atoms with Crippen molar-refractivity contribution in [3.05, 3.63) is 345 Å². The first-order chi connectivity index (χ1) is 30.8. The van der Waals surface area contributed by atoms with E-state index in [1.807, 2.05) is 13.8 Å². The fourth-order valence-electron chi connectivity index (χ4n) is 1.89. The third kappa shape index (κ3) is 47.0. The van der Waals surface area contributed by atoms with Crippen LogP contribution in [0.4, 0.5) is 0 Å². The van der Waals surface area contributed by atoms with Crippen molar-refractivity contribution in [2.75, 3.05) is 0 Å². The summed E-state index contributed by atoms with van der Waals surface area (Å²) in [6, 6.07) is 0. The van der Waals surface area contributed by atoms with Gasteiger partial charge in [0.15, 0.2) is 0 Å². The van der Waals surface area contributed by atoms with E-state index in [9.17, 15) is 0 Å². The summed E-state index contributed by atoms with van der Waals surface area (Å²) < 4.78 is 0. The summed E-state index contributed by atoms with van der Waals surface area (Å²) in [5.41, 5.74) is 147. The Labute approximate surface area is 356 Å². The highest BCUT2D eigenvalue weighted by molar-refractivity contribution is 4.99. The van der Waals surface area contributed by atoms with E-state index < -0.39 is 0 Å². The molecular formula is C62H8. The SMILES string of the molecule is C=C=C=C=C=C=C=C=C=C=C=C=C=C=C=C=C=C=C=C=C=C=C=C=C=C=C=C=C=C=C=C=C=C=C=C=C=C=C=C=C=C=C=C=C=C=C=C=C=C=C=C=C=C=C=C=C=C=C=C(C)C. The van der Waals surface area contributed by atoms with Crippen LogP contribution in [0.25, 0.3) is 0 Å². The van der Waals surface area contributed by atoms with Crippen LogP contribution in [-0.4, -0.2) is 0 Å². The standard InChI is InChI=1S/C62H8/c1-4-5-6-7-8-9-10-11-12-13-14-15-16-17-18-19-20-21-22-23-24-25-26-27-28-29-30-31-32-33-34-35-36-37-38-39-40-41-42-43-44-45-46-47-48-49-50-51-52-53-54-55-56-57-58-59-60-61-62(2)3/h1H2,2-3H3. The Kier molecular flexibility index (Phi) is 36.3. The molecule has 0 aliphatic heterocycles. The molecule has 0 amide bonds. The predicted molar refractivity (Wildman–Crippen MR) is 224 cm³/mol. The second-order valence-electron chi connectivity index (χ2n) is 8.30. The molecule has 0 fully saturated rings. The van der Waals surface area contributed by atoms with Crippen molar-refractivity contribution in [3.8, 4) is 0 Å². The van der Waals surface area contributed by atoms with Crippen LogP contribution in [0.15, 0.2) is 345 Å². The van der Waals surface area contributed by atoms with E-state index in [1.165, 1.54) is 0 Å². The fourth-order valence-corrected chi connectivity index (χ4v) is 1.89. The molecule has 0 nitrogen and oxygen atoms in total. The number of allylic oxidation sites excluding steroid dienone is 1. The van der Waals surface area contributed by atoms with Gasteiger partial charge in [0.05, 0.1) is 0 Å². The van der Waals surface area contributed by atoms with Crippen molar-refractivity contribution >= 4 is 0 Å². The summed E-state index contributed by atoms with van der Waals surface area (Å²) >= 11 is 0. The smallest absolute Gasteiger partial charge is 0 e. The third-order valence-corrected chi connectivity index (χ3v) is 3.84. The van der Waals surface area contributed by atoms with E-state index >= 15 is 0 Å². The molecule has 0 aromatic heterocycles. The van der Waals surface area contributed by atoms with E-state index in [0.29, 0.717) is 0 Å². The molecule has 62 heavy (non-hydrogen) atoms. The first-order valence-electron chi connectivity index (χ1n) is 15.9. The summed E-state index contributed by atoms with van der Waals surface area (Å²) in [7, 11) is 0. The first-order valence-corrected chi connectivity index (χ1v) is 15.9. The van der Waals surface area contributed by atoms with E-state index in [1.54, 1.807) is 0 Å². The van der Waals surface area contributed by atoms with Gasteiger partial charge in [0.2, 0.25) is 0 Å². The topological polar surface area (TPSA) is 0 Å². The second-order valence-corrected chi connectivity index (χ2v) is 8.30. The lowest BCUT2D eigenvalue weighted by Gasteiger charge is -1.67. The van der Waals surface area contributed by atoms with Crippen LogP contribution in [0.3, 0.4) is 0 Å². The van der Waals surface area contributed by atoms with Crippen LogP contribution >= 0.6 is 0 Å². The molecular weight excluding hydrogens is 745 g/mol. The first kappa shape index (κ1) is 49.0. The Morgan fingerprint density at radius 3 is 0.355 bits per heavy atom. The Balaban J connectivity index is 6.11. The molecule has 0 unspecified atom stereocenters. The minimum absolute atomic E-state index is 0.976. The van der Waals surface area contributed by atoms with E-state index in [-0.39, 0.29) is 0 Å². The molecule has 0 radical (unpaired) electrons. The summed E-state index contributed by atoms with van der Waals surface area (Å²) in [4.78, 5) is 0. The number of hydrogen-bond acceptors (Lipinski definition) is 0. The van der Waals surface area contributed by atoms with Crippen molar-refractivity contribution in [2.24, 2.45) is 0 Å². The van der Waals surface area contributed by atoms with Gasteiger partial charge < -0.3 is 0 Å². The quantitative estimate of drug-likeness (QED) is 0.216. The van der Waals surface area contributed by atoms with Crippen LogP contribution in [-0.2, 0) is 0 Å². The molecule has 0 aliphatic rings. The van der Waals surface area contributed by atoms with E-state index in [0.717, 1.165) is 5.57 Å². The Morgan fingerprint density at radius 1 is 0.161 bits per heavy atom. The molecule has 0 bridgehead atoms. The molecule has 0 aromatic carbocycles. The minimum Gasteiger partial charge on any atom is -0.0687 e. The molecule has 0 saturated heterocycles. The van der Waals surface area contributed by atoms with Crippen LogP contribution in [0.5, 0.6) is 0 Å². The Hall–Kier alpha value is -13.0. The summed E-state index contributed by atoms with van der Waals surface area (Å²) in [5, 5.41) is 0. The van der Waals surface area contributed by atoms with E-state index in [2.05, 4.69) is 339 Å². The summed E-state index contributed by atoms with van der Waals surface area (Å²) in [5.74, 6) is 0. The lowest BCUT2D eigenvalue weighted by molar-refractivity contribution is 1.41. The molecule has 0 saturated carbocycles. The van der Waals surface area contributed by atoms with Gasteiger partial charge in [-0.3, -0.25) is 0 Å². The monoisotopic (exact) mass is 752 g/mol. The van der Waals surface area contributed by atoms with Crippen LogP contribution < -0.4 is 0 Å². The lowest BCUT2D eigenvalue weighted by atomic mass is 10.4. The normalized spacial score (nSPS) is 4.16. The molecule has 0 aromatic rings. The van der Waals surface area contributed by atoms with Gasteiger partial charge in [0, 0.05) is 229 Å². The fraction of sp³-hybridized carbons (Fsp3) is 0.0323. The zero-order valence-electron chi connectivity index (χ0n) is 32.2. The maximum Gasteiger partial charge on any atom is 0 e. The molecule has 0 N–H and O–H groups in total. The highest BCUT2D eigenvalue weighted by Gasteiger charge is 1.61. The maximum absolute atomic E-state index is 3.31. The maximum atomic E-state index is 3.31. The van der Waals surface area contributed by atoms with Gasteiger partial charge in [-0.1, -0.05) is 11.5 Å². The zero-order chi connectivity index (χ0) is 44.6. The molecule has 0 rings (SSSR count). The van der Waals surface area contributed by atoms with Gasteiger partial charge in [-0.2, -0.15) is 0 Å². The Morgan fingerprint density at radius 2 is 0.258 bits per heavy atom. The molecule has 0 heteroatoms. The van der Waals surface area contributed by atoms with Gasteiger partial charge in [-0.05, 0) is 118 Å². The average Bonchev–Trinajstić information content (AvgIpc) is 3.27. The van der Waals surface area contributed by atoms with Crippen molar-refractivity contribution in [2.45, 2.75) is 13.8 Å². The van der Waals surface area contributed by atoms with E-state index in [4.69, 9.17) is 0 Å². The van der Waals surface area contributed by atoms with Crippen LogP contribution in [0, 0.1) is 0 Å². The molecule has 0 aliphatic carbocycles. The highest BCUT2D eigenvalue weighted by atomic mass is 13.6. The molecule has 0 heterocycles. The van der Waals surface area contributed by atoms with Crippen molar-refractivity contribution in [3.63, 3.8) is 0 Å². The van der Waals surface area contributed by atoms with Gasteiger partial charge in [-0.25, -0.2) is 0 Å².